The van der Waals surface area contributed by atoms with Crippen LogP contribution in [0.3, 0.4) is 0 Å². The zero-order valence-corrected chi connectivity index (χ0v) is 13.2. The third-order valence-corrected chi connectivity index (χ3v) is 3.85. The van der Waals surface area contributed by atoms with Crippen molar-refractivity contribution >= 4 is 34.8 Å². The van der Waals surface area contributed by atoms with Crippen molar-refractivity contribution in [1.82, 2.24) is 5.06 Å². The molecule has 0 atom stereocenters. The quantitative estimate of drug-likeness (QED) is 0.832. The highest BCUT2D eigenvalue weighted by molar-refractivity contribution is 7.11. The Morgan fingerprint density at radius 1 is 1.52 bits per heavy atom. The molecule has 0 aromatic carbocycles. The maximum atomic E-state index is 12.5. The first kappa shape index (κ1) is 17.5. The van der Waals surface area contributed by atoms with Crippen LogP contribution in [0.5, 0.6) is 0 Å². The number of fused-ring (bicyclic) bond motifs is 1. The van der Waals surface area contributed by atoms with Crippen molar-refractivity contribution in [2.24, 2.45) is 10.7 Å². The minimum atomic E-state index is -4.37. The Hall–Kier alpha value is -1.87. The van der Waals surface area contributed by atoms with Gasteiger partial charge in [0.1, 0.15) is 5.84 Å². The molecule has 1 aliphatic heterocycles. The van der Waals surface area contributed by atoms with Crippen molar-refractivity contribution in [2.75, 3.05) is 13.2 Å². The van der Waals surface area contributed by atoms with Crippen molar-refractivity contribution in [2.45, 2.75) is 25.9 Å². The van der Waals surface area contributed by atoms with Crippen LogP contribution in [0.4, 0.5) is 18.9 Å². The Labute approximate surface area is 135 Å². The molecule has 126 valence electrons. The van der Waals surface area contributed by atoms with E-state index < -0.39 is 25.0 Å². The summed E-state index contributed by atoms with van der Waals surface area (Å²) in [6.07, 6.45) is -3.84. The van der Waals surface area contributed by atoms with Gasteiger partial charge in [0.25, 0.3) is 5.91 Å². The first-order valence-corrected chi connectivity index (χ1v) is 7.80. The molecule has 23 heavy (non-hydrogen) atoms. The Balaban J connectivity index is 2.21. The van der Waals surface area contributed by atoms with Gasteiger partial charge in [-0.25, -0.2) is 10.1 Å². The third-order valence-electron chi connectivity index (χ3n) is 3.00. The predicted molar refractivity (Wildman–Crippen MR) is 82.2 cm³/mol. The van der Waals surface area contributed by atoms with E-state index >= 15 is 0 Å². The second-order valence-electron chi connectivity index (χ2n) is 4.81. The molecule has 2 heterocycles. The highest BCUT2D eigenvalue weighted by atomic mass is 32.1. The Bertz CT molecular complexity index is 637. The number of alkyl halides is 3. The molecule has 1 aromatic heterocycles. The molecule has 9 heteroatoms. The summed E-state index contributed by atoms with van der Waals surface area (Å²) in [6.45, 7) is 1.12. The number of carbonyl (C=O) groups excluding carboxylic acids is 1. The average molecular weight is 347 g/mol. The van der Waals surface area contributed by atoms with Gasteiger partial charge in [-0.2, -0.15) is 13.2 Å². The lowest BCUT2D eigenvalue weighted by Crippen LogP contribution is -2.36. The van der Waals surface area contributed by atoms with Crippen LogP contribution in [-0.4, -0.2) is 36.1 Å². The van der Waals surface area contributed by atoms with E-state index in [0.29, 0.717) is 5.69 Å². The monoisotopic (exact) mass is 347 g/mol. The number of rotatable bonds is 5. The van der Waals surface area contributed by atoms with Crippen LogP contribution in [0, 0.1) is 0 Å². The number of carbonyl (C=O) groups is 1. The lowest BCUT2D eigenvalue weighted by Gasteiger charge is -2.23. The van der Waals surface area contributed by atoms with Gasteiger partial charge in [-0.3, -0.25) is 9.63 Å². The topological polar surface area (TPSA) is 67.9 Å². The zero-order chi connectivity index (χ0) is 17.0. The summed E-state index contributed by atoms with van der Waals surface area (Å²) in [5.74, 6) is -0.399. The molecular weight excluding hydrogens is 331 g/mol. The van der Waals surface area contributed by atoms with E-state index in [0.717, 1.165) is 9.94 Å². The van der Waals surface area contributed by atoms with Crippen molar-refractivity contribution < 1.29 is 22.8 Å². The van der Waals surface area contributed by atoms with Gasteiger partial charge >= 0.3 is 6.18 Å². The zero-order valence-electron chi connectivity index (χ0n) is 12.4. The van der Waals surface area contributed by atoms with E-state index in [1.807, 2.05) is 0 Å². The van der Waals surface area contributed by atoms with Gasteiger partial charge in [0.15, 0.2) is 0 Å². The van der Waals surface area contributed by atoms with Gasteiger partial charge in [0.2, 0.25) is 0 Å². The molecule has 1 amide bonds. The van der Waals surface area contributed by atoms with Crippen LogP contribution < -0.4 is 5.73 Å². The molecule has 0 spiro atoms. The summed E-state index contributed by atoms with van der Waals surface area (Å²) in [4.78, 5) is 22.5. The smallest absolute Gasteiger partial charge is 0.387 e. The molecule has 2 N–H and O–H groups in total. The van der Waals surface area contributed by atoms with E-state index in [4.69, 9.17) is 10.6 Å². The van der Waals surface area contributed by atoms with Gasteiger partial charge in [-0.05, 0) is 24.4 Å². The fourth-order valence-corrected chi connectivity index (χ4v) is 2.81. The molecule has 0 saturated heterocycles. The van der Waals surface area contributed by atoms with Crippen LogP contribution in [0.15, 0.2) is 22.0 Å². The predicted octanol–water partition coefficient (Wildman–Crippen LogP) is 3.26. The fraction of sp³-hybridized carbons (Fsp3) is 0.429. The normalized spacial score (nSPS) is 14.6. The first-order chi connectivity index (χ1) is 10.8. The van der Waals surface area contributed by atoms with Gasteiger partial charge in [-0.1, -0.05) is 0 Å². The number of hydrogen-bond acceptors (Lipinski definition) is 5. The van der Waals surface area contributed by atoms with Crippen molar-refractivity contribution in [3.63, 3.8) is 0 Å². The molecule has 1 aromatic rings. The molecule has 0 aliphatic carbocycles. The Morgan fingerprint density at radius 2 is 2.26 bits per heavy atom. The summed E-state index contributed by atoms with van der Waals surface area (Å²) in [6, 6.07) is 1.76. The molecule has 0 saturated carbocycles. The molecule has 1 aliphatic rings. The Kier molecular flexibility index (Phi) is 5.42. The Morgan fingerprint density at radius 3 is 2.91 bits per heavy atom. The lowest BCUT2D eigenvalue weighted by molar-refractivity contribution is -0.195. The van der Waals surface area contributed by atoms with Crippen LogP contribution in [0.25, 0.3) is 6.08 Å². The number of hydrogen-bond donors (Lipinski definition) is 1. The number of halogens is 3. The maximum Gasteiger partial charge on any atom is 0.390 e. The largest absolute Gasteiger partial charge is 0.390 e. The fourth-order valence-electron chi connectivity index (χ4n) is 2.02. The van der Waals surface area contributed by atoms with Crippen molar-refractivity contribution in [1.29, 1.82) is 0 Å². The summed E-state index contributed by atoms with van der Waals surface area (Å²) < 4.78 is 37.2. The molecular formula is C14H16F3N3O2S. The second kappa shape index (κ2) is 7.14. The number of thiophene rings is 1. The van der Waals surface area contributed by atoms with E-state index in [1.165, 1.54) is 11.3 Å². The number of hydroxylamine groups is 2. The molecule has 0 bridgehead atoms. The lowest BCUT2D eigenvalue weighted by atomic mass is 10.1. The summed E-state index contributed by atoms with van der Waals surface area (Å²) in [5.41, 5.74) is 6.68. The standard InChI is InChI=1S/C14H16F3N3O2S/c1-2-22-20(5-4-14(15,16)17)13(21)9-7-11-10(3-6-23-11)19-12(18)8-9/h3,6-7H,2,4-5,8H2,1H3,(H2,18,19). The van der Waals surface area contributed by atoms with E-state index in [-0.39, 0.29) is 24.4 Å². The molecule has 0 radical (unpaired) electrons. The number of nitrogens with zero attached hydrogens (tertiary/aromatic N) is 2. The number of aliphatic imine (C=N–C) groups is 1. The van der Waals surface area contributed by atoms with Gasteiger partial charge in [0, 0.05) is 12.0 Å². The average Bonchev–Trinajstić information content (AvgIpc) is 2.81. The minimum absolute atomic E-state index is 0.0653. The highest BCUT2D eigenvalue weighted by Gasteiger charge is 2.30. The van der Waals surface area contributed by atoms with Crippen LogP contribution in [0.2, 0.25) is 0 Å². The number of amidine groups is 1. The SMILES string of the molecule is CCON(CCC(F)(F)F)C(=O)C1=Cc2sccc2N=C(N)C1. The van der Waals surface area contributed by atoms with Crippen LogP contribution >= 0.6 is 11.3 Å². The molecule has 0 unspecified atom stereocenters. The minimum Gasteiger partial charge on any atom is -0.387 e. The molecule has 2 rings (SSSR count). The van der Waals surface area contributed by atoms with Gasteiger partial charge in [-0.15, -0.1) is 11.3 Å². The first-order valence-electron chi connectivity index (χ1n) is 6.92. The van der Waals surface area contributed by atoms with E-state index in [2.05, 4.69) is 4.99 Å². The third kappa shape index (κ3) is 4.80. The van der Waals surface area contributed by atoms with Gasteiger partial charge < -0.3 is 5.73 Å². The molecule has 5 nitrogen and oxygen atoms in total. The van der Waals surface area contributed by atoms with Crippen LogP contribution in [-0.2, 0) is 9.63 Å². The van der Waals surface area contributed by atoms with Crippen LogP contribution in [0.1, 0.15) is 24.6 Å². The van der Waals surface area contributed by atoms with E-state index in [1.54, 1.807) is 24.4 Å². The summed E-state index contributed by atoms with van der Waals surface area (Å²) in [5, 5.41) is 2.54. The van der Waals surface area contributed by atoms with Crippen molar-refractivity contribution in [3.8, 4) is 0 Å². The summed E-state index contributed by atoms with van der Waals surface area (Å²) >= 11 is 1.37. The summed E-state index contributed by atoms with van der Waals surface area (Å²) in [7, 11) is 0. The van der Waals surface area contributed by atoms with Crippen molar-refractivity contribution in [3.05, 3.63) is 21.9 Å². The second-order valence-corrected chi connectivity index (χ2v) is 5.76. The number of amides is 1. The van der Waals surface area contributed by atoms with E-state index in [9.17, 15) is 18.0 Å². The maximum absolute atomic E-state index is 12.5. The van der Waals surface area contributed by atoms with Gasteiger partial charge in [0.05, 0.1) is 30.1 Å². The number of nitrogens with two attached hydrogens (primary N) is 1. The molecule has 0 fully saturated rings. The highest BCUT2D eigenvalue weighted by Crippen LogP contribution is 2.31.